The molecule has 8 aromatic rings. The molecule has 0 aliphatic rings. The Labute approximate surface area is 383 Å². The van der Waals surface area contributed by atoms with Crippen LogP contribution >= 0.6 is 23.2 Å². The van der Waals surface area contributed by atoms with Gasteiger partial charge in [0.2, 0.25) is 17.7 Å². The van der Waals surface area contributed by atoms with Crippen molar-refractivity contribution in [3.63, 3.8) is 0 Å². The third-order valence-electron chi connectivity index (χ3n) is 9.66. The topological polar surface area (TPSA) is 309 Å². The quantitative estimate of drug-likeness (QED) is 0.0904. The molecule has 6 aromatic heterocycles. The van der Waals surface area contributed by atoms with Gasteiger partial charge in [0.05, 0.1) is 42.7 Å². The van der Waals surface area contributed by atoms with Crippen molar-refractivity contribution in [2.75, 3.05) is 30.1 Å². The SMILES string of the molecule is Cc1cc(N)nc(C)c1CN.Cc1cc(N)nc(C)c1CNC(=O)c1nc(N)n(Cc2ccc3ncc(Cl)cc3c2)n1.Nc1nc(C(=O)O)nn1Cc1ccc2ncc(Cl)cc2c1.[2H]CF. The van der Waals surface area contributed by atoms with Crippen LogP contribution in [0, 0.1) is 27.7 Å². The van der Waals surface area contributed by atoms with E-state index < -0.39 is 19.0 Å². The number of halogens is 3. The van der Waals surface area contributed by atoms with E-state index in [1.807, 2.05) is 76.2 Å². The highest BCUT2D eigenvalue weighted by atomic mass is 35.5. The van der Waals surface area contributed by atoms with Crippen molar-refractivity contribution in [1.82, 2.24) is 54.8 Å². The zero-order valence-electron chi connectivity index (χ0n) is 36.7. The number of fused-ring (bicyclic) bond motifs is 2. The third kappa shape index (κ3) is 12.6. The van der Waals surface area contributed by atoms with Crippen LogP contribution in [0.1, 0.15) is 67.4 Å². The van der Waals surface area contributed by atoms with Crippen molar-refractivity contribution in [2.45, 2.75) is 53.9 Å². The molecule has 0 aliphatic heterocycles. The van der Waals surface area contributed by atoms with Crippen LogP contribution in [0.15, 0.2) is 73.1 Å². The van der Waals surface area contributed by atoms with Gasteiger partial charge in [-0.15, -0.1) is 10.2 Å². The summed E-state index contributed by atoms with van der Waals surface area (Å²) >= 11 is 12.0. The predicted molar refractivity (Wildman–Crippen MR) is 250 cm³/mol. The molecule has 0 unspecified atom stereocenters. The number of alkyl halides is 1. The van der Waals surface area contributed by atoms with Crippen molar-refractivity contribution in [2.24, 2.45) is 5.73 Å². The number of aryl methyl sites for hydroxylation is 4. The fourth-order valence-corrected chi connectivity index (χ4v) is 6.91. The lowest BCUT2D eigenvalue weighted by Crippen LogP contribution is -2.25. The maximum atomic E-state index is 12.6. The molecule has 65 heavy (non-hydrogen) atoms. The predicted octanol–water partition coefficient (Wildman–Crippen LogP) is 5.77. The van der Waals surface area contributed by atoms with Crippen LogP contribution in [0.5, 0.6) is 0 Å². The normalized spacial score (nSPS) is 10.8. The minimum absolute atomic E-state index is 0.00158. The van der Waals surface area contributed by atoms with E-state index in [0.29, 0.717) is 41.3 Å². The maximum Gasteiger partial charge on any atom is 0.375 e. The summed E-state index contributed by atoms with van der Waals surface area (Å²) in [7, 11) is -1.00. The molecule has 0 aliphatic carbocycles. The summed E-state index contributed by atoms with van der Waals surface area (Å²) in [6.07, 6.45) is 3.19. The van der Waals surface area contributed by atoms with Crippen molar-refractivity contribution < 1.29 is 20.5 Å². The lowest BCUT2D eigenvalue weighted by molar-refractivity contribution is 0.0683. The zero-order chi connectivity index (χ0) is 48.2. The highest BCUT2D eigenvalue weighted by Crippen LogP contribution is 2.21. The second-order valence-corrected chi connectivity index (χ2v) is 15.2. The van der Waals surface area contributed by atoms with Gasteiger partial charge in [-0.3, -0.25) is 19.2 Å². The molecule has 0 saturated carbocycles. The first-order chi connectivity index (χ1) is 31.4. The summed E-state index contributed by atoms with van der Waals surface area (Å²) in [6, 6.07) is 18.6. The first-order valence-corrected chi connectivity index (χ1v) is 20.2. The highest BCUT2D eigenvalue weighted by molar-refractivity contribution is 6.31. The number of hydrogen-bond donors (Lipinski definition) is 7. The number of aromatic nitrogens is 10. The van der Waals surface area contributed by atoms with Crippen LogP contribution in [0.25, 0.3) is 21.8 Å². The molecule has 0 radical (unpaired) electrons. The molecule has 0 spiro atoms. The largest absolute Gasteiger partial charge is 0.475 e. The Bertz CT molecular complexity index is 2980. The van der Waals surface area contributed by atoms with Crippen molar-refractivity contribution >= 4 is 80.4 Å². The van der Waals surface area contributed by atoms with Crippen molar-refractivity contribution in [1.29, 1.82) is 0 Å². The molecule has 338 valence electrons. The first kappa shape index (κ1) is 46.9. The minimum atomic E-state index is -1.21. The Hall–Kier alpha value is -7.55. The maximum absolute atomic E-state index is 12.6. The van der Waals surface area contributed by atoms with E-state index >= 15 is 0 Å². The Morgan fingerprint density at radius 1 is 0.708 bits per heavy atom. The average Bonchev–Trinajstić information content (AvgIpc) is 3.81. The number of nitrogens with one attached hydrogen (secondary N) is 1. The summed E-state index contributed by atoms with van der Waals surface area (Å²) in [5, 5.41) is 22.7. The van der Waals surface area contributed by atoms with Gasteiger partial charge < -0.3 is 39.1 Å². The summed E-state index contributed by atoms with van der Waals surface area (Å²) in [4.78, 5) is 48.0. The molecular weight excluding hydrogens is 878 g/mol. The molecule has 12 N–H and O–H groups in total. The van der Waals surface area contributed by atoms with E-state index in [0.717, 1.165) is 66.6 Å². The number of pyridine rings is 4. The molecule has 6 heterocycles. The Balaban J connectivity index is 0.000000200. The number of carbonyl (C=O) groups is 2. The Kier molecular flexibility index (Phi) is 15.7. The third-order valence-corrected chi connectivity index (χ3v) is 10.1. The summed E-state index contributed by atoms with van der Waals surface area (Å²) in [6.45, 7) is 9.18. The molecule has 8 rings (SSSR count). The van der Waals surface area contributed by atoms with Crippen LogP contribution in [0.3, 0.4) is 0 Å². The lowest BCUT2D eigenvalue weighted by atomic mass is 10.1. The van der Waals surface area contributed by atoms with Crippen LogP contribution in [0.4, 0.5) is 27.9 Å². The summed E-state index contributed by atoms with van der Waals surface area (Å²) in [5.74, 6) is -0.736. The highest BCUT2D eigenvalue weighted by Gasteiger charge is 2.17. The van der Waals surface area contributed by atoms with Crippen molar-refractivity contribution in [3.05, 3.63) is 140 Å². The number of carboxylic acid groups (broad SMARTS) is 1. The number of carboxylic acids is 1. The fraction of sp³-hybridized carbons (Fsp3) is 0.209. The number of amides is 1. The van der Waals surface area contributed by atoms with Gasteiger partial charge in [0.1, 0.15) is 11.6 Å². The van der Waals surface area contributed by atoms with Crippen LogP contribution in [-0.4, -0.2) is 73.6 Å². The molecule has 1 amide bonds. The number of nitrogens with zero attached hydrogens (tertiary/aromatic N) is 10. The number of nitrogen functional groups attached to an aromatic ring is 4. The van der Waals surface area contributed by atoms with Gasteiger partial charge in [-0.25, -0.2) is 24.1 Å². The number of rotatable bonds is 9. The fourth-order valence-electron chi connectivity index (χ4n) is 6.58. The van der Waals surface area contributed by atoms with Crippen LogP contribution < -0.4 is 34.0 Å². The summed E-state index contributed by atoms with van der Waals surface area (Å²) < 4.78 is 18.3. The number of benzene rings is 2. The molecule has 22 heteroatoms. The monoisotopic (exact) mass is 925 g/mol. The standard InChI is InChI=1S/C21H21ClN8O.C13H10ClN5O2.C8H13N3.CH3F/c1-11-5-18(23)27-12(2)16(11)9-26-20(31)19-28-21(24)30(29-19)10-13-3-4-17-14(6-13)7-15(22)8-25-17;14-9-4-8-3-7(1-2-10(8)16-5-9)6-19-13(15)17-11(18-19)12(20)21;1-5-3-8(10)11-6(2)7(5)4-9;1-2/h3-8H,9-10H2,1-2H3,(H2,23,27)(H,26,31)(H2,24,28,29);1-5H,6H2,(H,20,21)(H2,15,17,18);3H,4,9H2,1-2H3,(H2,10,11);1H3/i;;;1D. The van der Waals surface area contributed by atoms with Gasteiger partial charge in [0.15, 0.2) is 0 Å². The smallest absolute Gasteiger partial charge is 0.375 e. The molecule has 0 saturated heterocycles. The zero-order valence-corrected chi connectivity index (χ0v) is 37.2. The number of anilines is 4. The van der Waals surface area contributed by atoms with Gasteiger partial charge in [-0.05, 0) is 110 Å². The van der Waals surface area contributed by atoms with E-state index in [1.165, 1.54) is 9.36 Å². The first-order valence-electron chi connectivity index (χ1n) is 20.1. The average molecular weight is 927 g/mol. The molecule has 0 fully saturated rings. The van der Waals surface area contributed by atoms with E-state index in [-0.39, 0.29) is 30.1 Å². The molecule has 0 bridgehead atoms. The Morgan fingerprint density at radius 3 is 1.58 bits per heavy atom. The Morgan fingerprint density at radius 2 is 1.15 bits per heavy atom. The van der Waals surface area contributed by atoms with Gasteiger partial charge >= 0.3 is 5.97 Å². The van der Waals surface area contributed by atoms with E-state index in [4.69, 9.17) is 58.3 Å². The molecule has 2 aromatic carbocycles. The van der Waals surface area contributed by atoms with E-state index in [9.17, 15) is 14.0 Å². The van der Waals surface area contributed by atoms with E-state index in [2.05, 4.69) is 45.4 Å². The van der Waals surface area contributed by atoms with Gasteiger partial charge in [0, 0.05) is 47.6 Å². The molecule has 19 nitrogen and oxygen atoms in total. The van der Waals surface area contributed by atoms with E-state index in [1.54, 1.807) is 24.5 Å². The molecule has 0 atom stereocenters. The van der Waals surface area contributed by atoms with Gasteiger partial charge in [-0.2, -0.15) is 9.97 Å². The number of aromatic carboxylic acids is 1. The van der Waals surface area contributed by atoms with Gasteiger partial charge in [-0.1, -0.05) is 35.3 Å². The van der Waals surface area contributed by atoms with Crippen LogP contribution in [-0.2, 0) is 26.2 Å². The second-order valence-electron chi connectivity index (χ2n) is 14.3. The number of hydrogen-bond acceptors (Lipinski definition) is 15. The summed E-state index contributed by atoms with van der Waals surface area (Å²) in [5.41, 5.74) is 37.7. The van der Waals surface area contributed by atoms with Crippen LogP contribution in [0.2, 0.25) is 10.0 Å². The molecular formula is C43H47Cl2FN16O3. The van der Waals surface area contributed by atoms with Crippen molar-refractivity contribution in [3.8, 4) is 0 Å². The van der Waals surface area contributed by atoms with Gasteiger partial charge in [0.25, 0.3) is 11.7 Å². The lowest BCUT2D eigenvalue weighted by Gasteiger charge is -2.10. The number of nitrogens with two attached hydrogens (primary N) is 5. The second kappa shape index (κ2) is 21.7. The minimum Gasteiger partial charge on any atom is -0.475 e. The number of carbonyl (C=O) groups excluding carboxylic acids is 1.